The molecule has 0 unspecified atom stereocenters. The summed E-state index contributed by atoms with van der Waals surface area (Å²) in [5, 5.41) is 19.1. The van der Waals surface area contributed by atoms with Crippen molar-refractivity contribution in [1.82, 2.24) is 16.0 Å². The molecule has 3 amide bonds. The van der Waals surface area contributed by atoms with Crippen LogP contribution >= 0.6 is 33.3 Å². The number of carbonyl (C=O) groups excluding carboxylic acids is 4. The second-order valence-corrected chi connectivity index (χ2v) is 12.2. The topological polar surface area (TPSA) is 134 Å². The number of amides is 3. The van der Waals surface area contributed by atoms with Gasteiger partial charge in [0.15, 0.2) is 0 Å². The van der Waals surface area contributed by atoms with Gasteiger partial charge in [0.1, 0.15) is 18.2 Å². The van der Waals surface area contributed by atoms with E-state index in [-0.39, 0.29) is 18.8 Å². The molecular formula is C22H35N3O6S3. The van der Waals surface area contributed by atoms with Gasteiger partial charge in [-0.25, -0.2) is 0 Å². The summed E-state index contributed by atoms with van der Waals surface area (Å²) in [6.07, 6.45) is 4.05. The highest BCUT2D eigenvalue weighted by molar-refractivity contribution is 8.76. The zero-order chi connectivity index (χ0) is 25.1. The Balaban J connectivity index is 2.45. The van der Waals surface area contributed by atoms with E-state index < -0.39 is 54.0 Å². The predicted molar refractivity (Wildman–Crippen MR) is 137 cm³/mol. The number of hydrogen-bond donors (Lipinski definition) is 4. The Labute approximate surface area is 213 Å². The number of carbonyl (C=O) groups is 4. The van der Waals surface area contributed by atoms with Gasteiger partial charge in [0.05, 0.1) is 25.0 Å². The number of ether oxygens (including phenoxy) is 1. The minimum atomic E-state index is -1.18. The molecule has 0 aromatic heterocycles. The highest BCUT2D eigenvalue weighted by Crippen LogP contribution is 2.24. The minimum Gasteiger partial charge on any atom is -0.457 e. The van der Waals surface area contributed by atoms with Gasteiger partial charge < -0.3 is 25.8 Å². The van der Waals surface area contributed by atoms with E-state index in [1.165, 1.54) is 10.8 Å². The van der Waals surface area contributed by atoms with Crippen LogP contribution < -0.4 is 16.0 Å². The van der Waals surface area contributed by atoms with Crippen LogP contribution in [0.4, 0.5) is 0 Å². The fraction of sp³-hybridized carbons (Fsp3) is 0.727. The Kier molecular flexibility index (Phi) is 12.6. The van der Waals surface area contributed by atoms with Gasteiger partial charge in [0.2, 0.25) is 17.7 Å². The molecule has 2 aliphatic heterocycles. The Morgan fingerprint density at radius 2 is 1.88 bits per heavy atom. The molecule has 12 heteroatoms. The van der Waals surface area contributed by atoms with Crippen LogP contribution in [0.5, 0.6) is 0 Å². The third-order valence-corrected chi connectivity index (χ3v) is 8.51. The van der Waals surface area contributed by atoms with Gasteiger partial charge in [-0.05, 0) is 36.8 Å². The molecule has 192 valence electrons. The number of aliphatic hydroxyl groups is 1. The predicted octanol–water partition coefficient (Wildman–Crippen LogP) is 1.26. The first kappa shape index (κ1) is 28.9. The molecular weight excluding hydrogens is 498 g/mol. The van der Waals surface area contributed by atoms with Gasteiger partial charge in [0.25, 0.3) is 0 Å². The maximum atomic E-state index is 13.2. The fourth-order valence-corrected chi connectivity index (χ4v) is 6.20. The van der Waals surface area contributed by atoms with Crippen LogP contribution in [-0.4, -0.2) is 82.6 Å². The van der Waals surface area contributed by atoms with Gasteiger partial charge >= 0.3 is 5.97 Å². The number of fused-ring (bicyclic) bond motifs is 7. The van der Waals surface area contributed by atoms with Crippen LogP contribution in [0.25, 0.3) is 0 Å². The molecule has 4 N–H and O–H groups in total. The number of esters is 1. The highest BCUT2D eigenvalue weighted by atomic mass is 33.1. The van der Waals surface area contributed by atoms with Gasteiger partial charge in [0, 0.05) is 11.5 Å². The average molecular weight is 534 g/mol. The van der Waals surface area contributed by atoms with Crippen LogP contribution in [0.1, 0.15) is 39.5 Å². The largest absolute Gasteiger partial charge is 0.457 e. The molecule has 0 saturated carbocycles. The van der Waals surface area contributed by atoms with E-state index in [1.807, 2.05) is 26.2 Å². The van der Waals surface area contributed by atoms with Crippen LogP contribution in [0.2, 0.25) is 0 Å². The van der Waals surface area contributed by atoms with Crippen LogP contribution in [-0.2, 0) is 23.9 Å². The molecule has 9 nitrogen and oxygen atoms in total. The molecule has 2 heterocycles. The molecule has 5 atom stereocenters. The molecule has 0 aromatic rings. The quantitative estimate of drug-likeness (QED) is 0.239. The van der Waals surface area contributed by atoms with Gasteiger partial charge in [-0.15, -0.1) is 0 Å². The molecule has 2 rings (SSSR count). The lowest BCUT2D eigenvalue weighted by Crippen LogP contribution is -2.58. The number of nitrogens with one attached hydrogen (secondary N) is 3. The maximum Gasteiger partial charge on any atom is 0.309 e. The Bertz CT molecular complexity index is 751. The van der Waals surface area contributed by atoms with Crippen molar-refractivity contribution in [3.8, 4) is 0 Å². The first-order valence-electron chi connectivity index (χ1n) is 11.4. The Hall–Kier alpha value is -1.37. The Morgan fingerprint density at radius 1 is 1.12 bits per heavy atom. The maximum absolute atomic E-state index is 13.2. The van der Waals surface area contributed by atoms with Crippen molar-refractivity contribution in [2.75, 3.05) is 23.5 Å². The van der Waals surface area contributed by atoms with Crippen LogP contribution in [0.3, 0.4) is 0 Å². The standard InChI is InChI=1S/C22H35N3O6S3/c1-13(2)20-17(26)11-19(28)31-14-6-4-5-8-33-34-12-16(22(30)25-20)24-21(29)15(7-9-32-3)23-18(27)10-14/h4,6,13-17,20,26H,5,7-12H2,1-3H3,(H,23,27)(H,24,29)(H,25,30)/b6-4-/t14-,15+,16-,17-,20+/m0/s1. The first-order chi connectivity index (χ1) is 16.2. The molecule has 1 saturated heterocycles. The smallest absolute Gasteiger partial charge is 0.309 e. The summed E-state index contributed by atoms with van der Waals surface area (Å²) in [6.45, 7) is 3.66. The highest BCUT2D eigenvalue weighted by Gasteiger charge is 2.33. The van der Waals surface area contributed by atoms with Gasteiger partial charge in [-0.1, -0.05) is 41.5 Å². The van der Waals surface area contributed by atoms with E-state index in [1.54, 1.807) is 28.6 Å². The van der Waals surface area contributed by atoms with E-state index in [0.717, 1.165) is 5.75 Å². The summed E-state index contributed by atoms with van der Waals surface area (Å²) in [7, 11) is 3.04. The molecule has 0 radical (unpaired) electrons. The normalized spacial score (nSPS) is 31.3. The van der Waals surface area contributed by atoms with Crippen molar-refractivity contribution in [2.45, 2.75) is 69.9 Å². The number of rotatable bonds is 4. The second kappa shape index (κ2) is 14.9. The molecule has 0 aromatic carbocycles. The van der Waals surface area contributed by atoms with E-state index in [4.69, 9.17) is 4.74 Å². The third kappa shape index (κ3) is 9.71. The monoisotopic (exact) mass is 533 g/mol. The zero-order valence-electron chi connectivity index (χ0n) is 19.8. The first-order valence-corrected chi connectivity index (χ1v) is 15.3. The summed E-state index contributed by atoms with van der Waals surface area (Å²) in [5.74, 6) is -0.440. The zero-order valence-corrected chi connectivity index (χ0v) is 22.2. The molecule has 34 heavy (non-hydrogen) atoms. The SMILES string of the molecule is CSCC[C@H]1NC(=O)C[C@@H]2/C=C\CCSSC[C@H](NC1=O)C(=O)N[C@H](C(C)C)[C@@H](O)CC(=O)O2. The number of hydrogen-bond acceptors (Lipinski definition) is 9. The van der Waals surface area contributed by atoms with Crippen molar-refractivity contribution < 1.29 is 29.0 Å². The van der Waals surface area contributed by atoms with Crippen molar-refractivity contribution in [2.24, 2.45) is 5.92 Å². The minimum absolute atomic E-state index is 0.141. The second-order valence-electron chi connectivity index (χ2n) is 8.57. The molecule has 2 aliphatic rings. The molecule has 2 bridgehead atoms. The van der Waals surface area contributed by atoms with Gasteiger partial charge in [-0.3, -0.25) is 19.2 Å². The summed E-state index contributed by atoms with van der Waals surface area (Å²) < 4.78 is 5.50. The third-order valence-electron chi connectivity index (χ3n) is 5.42. The van der Waals surface area contributed by atoms with Crippen LogP contribution in [0, 0.1) is 5.92 Å². The number of allylic oxidation sites excluding steroid dienone is 1. The lowest BCUT2D eigenvalue weighted by atomic mass is 9.96. The molecule has 0 spiro atoms. The van der Waals surface area contributed by atoms with E-state index in [9.17, 15) is 24.3 Å². The van der Waals surface area contributed by atoms with E-state index in [0.29, 0.717) is 24.3 Å². The van der Waals surface area contributed by atoms with Crippen molar-refractivity contribution in [3.05, 3.63) is 12.2 Å². The Morgan fingerprint density at radius 3 is 2.59 bits per heavy atom. The summed E-state index contributed by atoms with van der Waals surface area (Å²) in [4.78, 5) is 51.6. The number of thioether (sulfide) groups is 1. The van der Waals surface area contributed by atoms with Crippen molar-refractivity contribution in [1.29, 1.82) is 0 Å². The lowest BCUT2D eigenvalue weighted by Gasteiger charge is -2.29. The van der Waals surface area contributed by atoms with Crippen LogP contribution in [0.15, 0.2) is 12.2 Å². The molecule has 1 fully saturated rings. The molecule has 0 aliphatic carbocycles. The number of aliphatic hydroxyl groups excluding tert-OH is 1. The van der Waals surface area contributed by atoms with Crippen molar-refractivity contribution in [3.63, 3.8) is 0 Å². The van der Waals surface area contributed by atoms with E-state index >= 15 is 0 Å². The summed E-state index contributed by atoms with van der Waals surface area (Å²) in [5.41, 5.74) is 0. The average Bonchev–Trinajstić information content (AvgIpc) is 2.77. The summed E-state index contributed by atoms with van der Waals surface area (Å²) in [6, 6.07) is -2.40. The fourth-order valence-electron chi connectivity index (χ4n) is 3.57. The van der Waals surface area contributed by atoms with E-state index in [2.05, 4.69) is 16.0 Å². The van der Waals surface area contributed by atoms with Crippen molar-refractivity contribution >= 4 is 57.0 Å². The van der Waals surface area contributed by atoms with Gasteiger partial charge in [-0.2, -0.15) is 11.8 Å². The summed E-state index contributed by atoms with van der Waals surface area (Å²) >= 11 is 1.55. The lowest BCUT2D eigenvalue weighted by molar-refractivity contribution is -0.151.